The Hall–Kier alpha value is -3.18. The van der Waals surface area contributed by atoms with E-state index >= 15 is 0 Å². The van der Waals surface area contributed by atoms with Crippen LogP contribution in [0.15, 0.2) is 66.7 Å². The van der Waals surface area contributed by atoms with Gasteiger partial charge in [0.15, 0.2) is 0 Å². The number of carbonyl (C=O) groups excluding carboxylic acids is 1. The summed E-state index contributed by atoms with van der Waals surface area (Å²) in [5.74, 6) is -0.0831. The number of hydrogen-bond donors (Lipinski definition) is 2. The lowest BCUT2D eigenvalue weighted by molar-refractivity contribution is 0.102. The van der Waals surface area contributed by atoms with Crippen LogP contribution in [0, 0.1) is 5.82 Å². The van der Waals surface area contributed by atoms with Gasteiger partial charge in [-0.3, -0.25) is 4.79 Å². The van der Waals surface area contributed by atoms with Crippen LogP contribution in [0.5, 0.6) is 0 Å². The third-order valence-corrected chi connectivity index (χ3v) is 4.31. The number of amides is 1. The van der Waals surface area contributed by atoms with Crippen molar-refractivity contribution in [1.29, 1.82) is 0 Å². The first kappa shape index (κ1) is 16.3. The lowest BCUT2D eigenvalue weighted by Gasteiger charge is -2.09. The molecular weight excluding hydrogens is 353 g/mol. The van der Waals surface area contributed by atoms with Crippen molar-refractivity contribution in [2.45, 2.75) is 0 Å². The molecule has 1 heterocycles. The highest BCUT2D eigenvalue weighted by atomic mass is 35.5. The second-order valence-electron chi connectivity index (χ2n) is 5.76. The Morgan fingerprint density at radius 3 is 2.58 bits per heavy atom. The summed E-state index contributed by atoms with van der Waals surface area (Å²) in [7, 11) is 0. The van der Waals surface area contributed by atoms with Gasteiger partial charge in [0.2, 0.25) is 0 Å². The molecule has 2 N–H and O–H groups in total. The van der Waals surface area contributed by atoms with Gasteiger partial charge in [-0.1, -0.05) is 23.7 Å². The molecule has 0 atom stereocenters. The van der Waals surface area contributed by atoms with Crippen LogP contribution in [0.25, 0.3) is 22.4 Å². The minimum Gasteiger partial charge on any atom is -0.338 e. The van der Waals surface area contributed by atoms with Crippen molar-refractivity contribution in [2.24, 2.45) is 0 Å². The number of fused-ring (bicyclic) bond motifs is 1. The highest BCUT2D eigenvalue weighted by molar-refractivity contribution is 6.34. The fraction of sp³-hybridized carbons (Fsp3) is 0. The van der Waals surface area contributed by atoms with Gasteiger partial charge in [-0.2, -0.15) is 0 Å². The van der Waals surface area contributed by atoms with Crippen LogP contribution in [-0.2, 0) is 0 Å². The molecule has 0 aliphatic heterocycles. The van der Waals surface area contributed by atoms with E-state index in [0.717, 1.165) is 16.6 Å². The average molecular weight is 366 g/mol. The number of nitrogens with one attached hydrogen (secondary N) is 2. The Morgan fingerprint density at radius 1 is 1.04 bits per heavy atom. The molecule has 0 spiro atoms. The first-order chi connectivity index (χ1) is 12.6. The minimum absolute atomic E-state index is 0.344. The summed E-state index contributed by atoms with van der Waals surface area (Å²) < 4.78 is 13.0. The molecule has 0 fully saturated rings. The summed E-state index contributed by atoms with van der Waals surface area (Å²) >= 11 is 6.21. The number of H-pyrrole nitrogens is 1. The fourth-order valence-corrected chi connectivity index (χ4v) is 2.82. The van der Waals surface area contributed by atoms with Crippen molar-refractivity contribution in [3.05, 3.63) is 83.1 Å². The van der Waals surface area contributed by atoms with E-state index in [1.54, 1.807) is 12.1 Å². The smallest absolute Gasteiger partial charge is 0.255 e. The van der Waals surface area contributed by atoms with Crippen molar-refractivity contribution in [3.63, 3.8) is 0 Å². The van der Waals surface area contributed by atoms with Crippen molar-refractivity contribution >= 4 is 34.2 Å². The van der Waals surface area contributed by atoms with Crippen molar-refractivity contribution < 1.29 is 9.18 Å². The van der Waals surface area contributed by atoms with Gasteiger partial charge in [-0.25, -0.2) is 9.37 Å². The lowest BCUT2D eigenvalue weighted by atomic mass is 10.1. The Kier molecular flexibility index (Phi) is 4.14. The van der Waals surface area contributed by atoms with Crippen LogP contribution in [0.3, 0.4) is 0 Å². The molecule has 128 valence electrons. The largest absolute Gasteiger partial charge is 0.338 e. The molecule has 0 saturated heterocycles. The number of rotatable bonds is 3. The molecule has 1 aromatic heterocycles. The topological polar surface area (TPSA) is 57.8 Å². The summed E-state index contributed by atoms with van der Waals surface area (Å²) in [5, 5.41) is 3.16. The monoisotopic (exact) mass is 365 g/mol. The zero-order chi connectivity index (χ0) is 18.1. The van der Waals surface area contributed by atoms with Crippen molar-refractivity contribution in [1.82, 2.24) is 9.97 Å². The van der Waals surface area contributed by atoms with Crippen molar-refractivity contribution in [2.75, 3.05) is 5.32 Å². The second-order valence-corrected chi connectivity index (χ2v) is 6.17. The van der Waals surface area contributed by atoms with E-state index in [2.05, 4.69) is 15.3 Å². The van der Waals surface area contributed by atoms with Crippen LogP contribution in [0.2, 0.25) is 5.02 Å². The number of halogens is 2. The number of anilines is 1. The lowest BCUT2D eigenvalue weighted by Crippen LogP contribution is -2.12. The number of para-hydroxylation sites is 2. The first-order valence-electron chi connectivity index (χ1n) is 7.92. The maximum atomic E-state index is 13.0. The van der Waals surface area contributed by atoms with Gasteiger partial charge in [0.1, 0.15) is 11.6 Å². The van der Waals surface area contributed by atoms with Gasteiger partial charge < -0.3 is 10.3 Å². The van der Waals surface area contributed by atoms with Gasteiger partial charge in [-0.15, -0.1) is 0 Å². The van der Waals surface area contributed by atoms with Crippen LogP contribution >= 0.6 is 11.6 Å². The first-order valence-corrected chi connectivity index (χ1v) is 8.29. The van der Waals surface area contributed by atoms with E-state index in [4.69, 9.17) is 11.6 Å². The predicted molar refractivity (Wildman–Crippen MR) is 101 cm³/mol. The van der Waals surface area contributed by atoms with Gasteiger partial charge in [-0.05, 0) is 54.6 Å². The van der Waals surface area contributed by atoms with Gasteiger partial charge >= 0.3 is 0 Å². The van der Waals surface area contributed by atoms with Crippen LogP contribution < -0.4 is 5.32 Å². The number of imidazole rings is 1. The Balaban J connectivity index is 1.65. The van der Waals surface area contributed by atoms with E-state index in [0.29, 0.717) is 22.1 Å². The quantitative estimate of drug-likeness (QED) is 0.519. The average Bonchev–Trinajstić information content (AvgIpc) is 3.08. The Bertz CT molecular complexity index is 1070. The van der Waals surface area contributed by atoms with Gasteiger partial charge in [0.05, 0.1) is 21.7 Å². The van der Waals surface area contributed by atoms with Crippen LogP contribution in [0.4, 0.5) is 10.1 Å². The highest BCUT2D eigenvalue weighted by Gasteiger charge is 2.12. The molecule has 0 aliphatic carbocycles. The summed E-state index contributed by atoms with van der Waals surface area (Å²) in [4.78, 5) is 20.1. The van der Waals surface area contributed by atoms with Gasteiger partial charge in [0.25, 0.3) is 5.91 Å². The van der Waals surface area contributed by atoms with E-state index in [-0.39, 0.29) is 5.91 Å². The van der Waals surface area contributed by atoms with Gasteiger partial charge in [0, 0.05) is 11.1 Å². The normalized spacial score (nSPS) is 10.8. The molecule has 0 saturated carbocycles. The maximum absolute atomic E-state index is 13.0. The zero-order valence-electron chi connectivity index (χ0n) is 13.5. The minimum atomic E-state index is -0.397. The van der Waals surface area contributed by atoms with Crippen molar-refractivity contribution in [3.8, 4) is 11.4 Å². The van der Waals surface area contributed by atoms with E-state index in [9.17, 15) is 9.18 Å². The molecule has 4 nitrogen and oxygen atoms in total. The maximum Gasteiger partial charge on any atom is 0.255 e. The van der Waals surface area contributed by atoms with E-state index in [1.165, 1.54) is 24.3 Å². The standard InChI is InChI=1S/C20H13ClFN3O/c21-15-10-7-13(19-23-16-3-1-2-4-17(16)24-19)11-18(15)25-20(26)12-5-8-14(22)9-6-12/h1-11H,(H,23,24)(H,25,26). The molecule has 1 amide bonds. The number of aromatic nitrogens is 2. The number of hydrogen-bond acceptors (Lipinski definition) is 2. The summed E-state index contributed by atoms with van der Waals surface area (Å²) in [6, 6.07) is 18.3. The molecule has 0 unspecified atom stereocenters. The zero-order valence-corrected chi connectivity index (χ0v) is 14.2. The highest BCUT2D eigenvalue weighted by Crippen LogP contribution is 2.29. The van der Waals surface area contributed by atoms with E-state index < -0.39 is 5.82 Å². The molecule has 0 radical (unpaired) electrons. The molecular formula is C20H13ClFN3O. The number of benzene rings is 3. The fourth-order valence-electron chi connectivity index (χ4n) is 2.65. The molecule has 4 rings (SSSR count). The number of aromatic amines is 1. The Labute approximate surface area is 153 Å². The number of nitrogens with zero attached hydrogens (tertiary/aromatic N) is 1. The number of carbonyl (C=O) groups is 1. The molecule has 4 aromatic rings. The van der Waals surface area contributed by atoms with Crippen LogP contribution in [-0.4, -0.2) is 15.9 Å². The molecule has 0 bridgehead atoms. The molecule has 0 aliphatic rings. The van der Waals surface area contributed by atoms with Crippen LogP contribution in [0.1, 0.15) is 10.4 Å². The third kappa shape index (κ3) is 3.17. The molecule has 3 aromatic carbocycles. The summed E-state index contributed by atoms with van der Waals surface area (Å²) in [6.45, 7) is 0. The predicted octanol–water partition coefficient (Wildman–Crippen LogP) is 5.27. The second kappa shape index (κ2) is 6.61. The molecule has 6 heteroatoms. The van der Waals surface area contributed by atoms with E-state index in [1.807, 2.05) is 30.3 Å². The summed E-state index contributed by atoms with van der Waals surface area (Å²) in [6.07, 6.45) is 0. The Morgan fingerprint density at radius 2 is 1.81 bits per heavy atom. The molecule has 26 heavy (non-hydrogen) atoms. The SMILES string of the molecule is O=C(Nc1cc(-c2nc3ccccc3[nH]2)ccc1Cl)c1ccc(F)cc1. The third-order valence-electron chi connectivity index (χ3n) is 3.98. The summed E-state index contributed by atoms with van der Waals surface area (Å²) in [5.41, 5.74) is 3.37.